The van der Waals surface area contributed by atoms with Crippen molar-refractivity contribution in [2.45, 2.75) is 63.7 Å². The van der Waals surface area contributed by atoms with Gasteiger partial charge in [-0.15, -0.1) is 0 Å². The molecular formula is C14H28N2O3S. The molecule has 0 radical (unpaired) electrons. The molecule has 20 heavy (non-hydrogen) atoms. The normalized spacial score (nSPS) is 20.1. The van der Waals surface area contributed by atoms with Crippen molar-refractivity contribution in [3.8, 4) is 0 Å². The summed E-state index contributed by atoms with van der Waals surface area (Å²) in [6.07, 6.45) is 4.00. The number of nitrogens with two attached hydrogens (primary N) is 1. The number of rotatable bonds is 7. The summed E-state index contributed by atoms with van der Waals surface area (Å²) < 4.78 is 24.3. The Hall–Kier alpha value is -0.620. The molecule has 5 nitrogen and oxygen atoms in total. The first-order valence-corrected chi connectivity index (χ1v) is 9.13. The summed E-state index contributed by atoms with van der Waals surface area (Å²) in [6, 6.07) is 0. The van der Waals surface area contributed by atoms with E-state index >= 15 is 0 Å². The molecule has 0 aromatic carbocycles. The van der Waals surface area contributed by atoms with E-state index in [1.165, 1.54) is 0 Å². The summed E-state index contributed by atoms with van der Waals surface area (Å²) in [5.41, 5.74) is 5.19. The SMILES string of the molecule is CC(C)CC(C)(CN)NC(=O)CS(=O)(=O)C1CCCC1. The fourth-order valence-corrected chi connectivity index (χ4v) is 4.73. The second-order valence-corrected chi connectivity index (χ2v) is 8.91. The van der Waals surface area contributed by atoms with E-state index in [2.05, 4.69) is 19.2 Å². The van der Waals surface area contributed by atoms with Crippen LogP contribution >= 0.6 is 0 Å². The van der Waals surface area contributed by atoms with Gasteiger partial charge >= 0.3 is 0 Å². The smallest absolute Gasteiger partial charge is 0.235 e. The van der Waals surface area contributed by atoms with Crippen molar-refractivity contribution in [3.05, 3.63) is 0 Å². The molecule has 0 bridgehead atoms. The molecule has 3 N–H and O–H groups in total. The molecule has 0 spiro atoms. The van der Waals surface area contributed by atoms with Crippen LogP contribution in [0.2, 0.25) is 0 Å². The van der Waals surface area contributed by atoms with Gasteiger partial charge in [-0.2, -0.15) is 0 Å². The highest BCUT2D eigenvalue weighted by molar-refractivity contribution is 7.92. The first-order chi connectivity index (χ1) is 9.18. The Morgan fingerprint density at radius 2 is 1.90 bits per heavy atom. The van der Waals surface area contributed by atoms with Gasteiger partial charge in [0.25, 0.3) is 0 Å². The van der Waals surface area contributed by atoms with Crippen LogP contribution in [-0.4, -0.2) is 37.4 Å². The molecule has 1 rings (SSSR count). The van der Waals surface area contributed by atoms with E-state index < -0.39 is 27.0 Å². The number of hydrogen-bond acceptors (Lipinski definition) is 4. The number of nitrogens with one attached hydrogen (secondary N) is 1. The second kappa shape index (κ2) is 6.89. The maximum absolute atomic E-state index is 12.1. The Bertz CT molecular complexity index is 428. The molecule has 0 aliphatic heterocycles. The fourth-order valence-electron chi connectivity index (χ4n) is 3.01. The summed E-state index contributed by atoms with van der Waals surface area (Å²) in [7, 11) is -3.32. The average Bonchev–Trinajstić information content (AvgIpc) is 2.80. The van der Waals surface area contributed by atoms with E-state index in [4.69, 9.17) is 5.73 Å². The first kappa shape index (κ1) is 17.4. The minimum atomic E-state index is -3.32. The van der Waals surface area contributed by atoms with Crippen LogP contribution in [0, 0.1) is 5.92 Å². The number of carbonyl (C=O) groups is 1. The van der Waals surface area contributed by atoms with Crippen LogP contribution in [0.1, 0.15) is 52.9 Å². The molecule has 1 atom stereocenters. The molecular weight excluding hydrogens is 276 g/mol. The zero-order chi connectivity index (χ0) is 15.4. The Balaban J connectivity index is 2.61. The predicted octanol–water partition coefficient (Wildman–Crippen LogP) is 1.22. The van der Waals surface area contributed by atoms with Crippen LogP contribution < -0.4 is 11.1 Å². The van der Waals surface area contributed by atoms with Crippen LogP contribution in [0.3, 0.4) is 0 Å². The van der Waals surface area contributed by atoms with Crippen molar-refractivity contribution in [2.24, 2.45) is 11.7 Å². The summed E-state index contributed by atoms with van der Waals surface area (Å²) in [5, 5.41) is 2.48. The number of carbonyl (C=O) groups excluding carboxylic acids is 1. The van der Waals surface area contributed by atoms with Crippen LogP contribution in [0.4, 0.5) is 0 Å². The van der Waals surface area contributed by atoms with Gasteiger partial charge in [-0.1, -0.05) is 26.7 Å². The van der Waals surface area contributed by atoms with Gasteiger partial charge in [0.1, 0.15) is 5.75 Å². The van der Waals surface area contributed by atoms with Crippen molar-refractivity contribution in [3.63, 3.8) is 0 Å². The minimum Gasteiger partial charge on any atom is -0.349 e. The van der Waals surface area contributed by atoms with Crippen LogP contribution in [0.15, 0.2) is 0 Å². The fraction of sp³-hybridized carbons (Fsp3) is 0.929. The third kappa shape index (κ3) is 5.05. The van der Waals surface area contributed by atoms with Crippen molar-refractivity contribution >= 4 is 15.7 Å². The molecule has 1 fully saturated rings. The van der Waals surface area contributed by atoms with E-state index in [0.29, 0.717) is 25.3 Å². The first-order valence-electron chi connectivity index (χ1n) is 7.41. The quantitative estimate of drug-likeness (QED) is 0.740. The lowest BCUT2D eigenvalue weighted by Gasteiger charge is -2.31. The molecule has 0 aromatic rings. The summed E-state index contributed by atoms with van der Waals surface area (Å²) in [5.74, 6) is -0.452. The van der Waals surface area contributed by atoms with Crippen molar-refractivity contribution in [2.75, 3.05) is 12.3 Å². The topological polar surface area (TPSA) is 89.3 Å². The van der Waals surface area contributed by atoms with E-state index in [1.807, 2.05) is 6.92 Å². The summed E-state index contributed by atoms with van der Waals surface area (Å²) in [4.78, 5) is 12.0. The average molecular weight is 304 g/mol. The molecule has 1 aliphatic rings. The summed E-state index contributed by atoms with van der Waals surface area (Å²) >= 11 is 0. The summed E-state index contributed by atoms with van der Waals surface area (Å²) in [6.45, 7) is 6.28. The zero-order valence-electron chi connectivity index (χ0n) is 12.8. The molecule has 1 saturated carbocycles. The number of sulfone groups is 1. The maximum Gasteiger partial charge on any atom is 0.235 e. The molecule has 0 aromatic heterocycles. The van der Waals surface area contributed by atoms with Gasteiger partial charge in [0, 0.05) is 12.1 Å². The van der Waals surface area contributed by atoms with Gasteiger partial charge in [0.05, 0.1) is 5.25 Å². The van der Waals surface area contributed by atoms with E-state index in [0.717, 1.165) is 19.3 Å². The maximum atomic E-state index is 12.1. The van der Waals surface area contributed by atoms with Gasteiger partial charge in [-0.3, -0.25) is 4.79 Å². The molecule has 1 aliphatic carbocycles. The molecule has 6 heteroatoms. The van der Waals surface area contributed by atoms with Gasteiger partial charge < -0.3 is 11.1 Å². The Kier molecular flexibility index (Phi) is 6.01. The molecule has 118 valence electrons. The lowest BCUT2D eigenvalue weighted by molar-refractivity contribution is -0.120. The molecule has 0 heterocycles. The minimum absolute atomic E-state index is 0.306. The van der Waals surface area contributed by atoms with Crippen LogP contribution in [-0.2, 0) is 14.6 Å². The highest BCUT2D eigenvalue weighted by Gasteiger charge is 2.33. The third-order valence-electron chi connectivity index (χ3n) is 3.89. The zero-order valence-corrected chi connectivity index (χ0v) is 13.6. The van der Waals surface area contributed by atoms with Crippen molar-refractivity contribution < 1.29 is 13.2 Å². The number of amides is 1. The van der Waals surface area contributed by atoms with E-state index in [1.54, 1.807) is 0 Å². The Morgan fingerprint density at radius 3 is 2.35 bits per heavy atom. The molecule has 0 saturated heterocycles. The largest absolute Gasteiger partial charge is 0.349 e. The van der Waals surface area contributed by atoms with E-state index in [9.17, 15) is 13.2 Å². The van der Waals surface area contributed by atoms with Gasteiger partial charge in [-0.25, -0.2) is 8.42 Å². The van der Waals surface area contributed by atoms with Gasteiger partial charge in [-0.05, 0) is 32.1 Å². The van der Waals surface area contributed by atoms with Crippen molar-refractivity contribution in [1.82, 2.24) is 5.32 Å². The van der Waals surface area contributed by atoms with Crippen molar-refractivity contribution in [1.29, 1.82) is 0 Å². The highest BCUT2D eigenvalue weighted by atomic mass is 32.2. The van der Waals surface area contributed by atoms with E-state index in [-0.39, 0.29) is 5.25 Å². The van der Waals surface area contributed by atoms with Crippen LogP contribution in [0.5, 0.6) is 0 Å². The van der Waals surface area contributed by atoms with Crippen LogP contribution in [0.25, 0.3) is 0 Å². The van der Waals surface area contributed by atoms with Gasteiger partial charge in [0.2, 0.25) is 5.91 Å². The second-order valence-electron chi connectivity index (χ2n) is 6.62. The predicted molar refractivity (Wildman–Crippen MR) is 81.1 cm³/mol. The Labute approximate surface area is 122 Å². The monoisotopic (exact) mass is 304 g/mol. The standard InChI is InChI=1S/C14H28N2O3S/c1-11(2)8-14(3,10-15)16-13(17)9-20(18,19)12-6-4-5-7-12/h11-12H,4-10,15H2,1-3H3,(H,16,17). The van der Waals surface area contributed by atoms with Gasteiger partial charge in [0.15, 0.2) is 9.84 Å². The molecule has 1 amide bonds. The lowest BCUT2D eigenvalue weighted by Crippen LogP contribution is -2.53. The third-order valence-corrected chi connectivity index (χ3v) is 6.04. The number of hydrogen-bond donors (Lipinski definition) is 2. The lowest BCUT2D eigenvalue weighted by atomic mass is 9.91. The molecule has 1 unspecified atom stereocenters. The Morgan fingerprint density at radius 1 is 1.35 bits per heavy atom. The highest BCUT2D eigenvalue weighted by Crippen LogP contribution is 2.25.